The summed E-state index contributed by atoms with van der Waals surface area (Å²) in [6, 6.07) is 1.94. The predicted molar refractivity (Wildman–Crippen MR) is 86.5 cm³/mol. The first-order valence-corrected chi connectivity index (χ1v) is 5.97. The number of hydrogen-bond acceptors (Lipinski definition) is 2. The second-order valence-corrected chi connectivity index (χ2v) is 5.00. The molecule has 1 heterocycles. The van der Waals surface area contributed by atoms with Crippen molar-refractivity contribution in [3.05, 3.63) is 18.5 Å². The molecule has 0 amide bonds. The average Bonchev–Trinajstić information content (AvgIpc) is 2.73. The first-order valence-electron chi connectivity index (χ1n) is 5.97. The monoisotopic (exact) mass is 365 g/mol. The van der Waals surface area contributed by atoms with Crippen molar-refractivity contribution in [1.82, 2.24) is 20.4 Å². The molecule has 0 bridgehead atoms. The van der Waals surface area contributed by atoms with Crippen LogP contribution in [-0.2, 0) is 6.54 Å². The molecular weight excluding hydrogens is 341 g/mol. The highest BCUT2D eigenvalue weighted by Gasteiger charge is 2.10. The Morgan fingerprint density at radius 2 is 2.11 bits per heavy atom. The van der Waals surface area contributed by atoms with Gasteiger partial charge in [-0.05, 0) is 33.3 Å². The van der Waals surface area contributed by atoms with Gasteiger partial charge >= 0.3 is 0 Å². The van der Waals surface area contributed by atoms with E-state index in [2.05, 4.69) is 41.5 Å². The number of nitrogens with zero attached hydrogens (tertiary/aromatic N) is 3. The number of halogens is 1. The van der Waals surface area contributed by atoms with E-state index in [4.69, 9.17) is 0 Å². The molecule has 18 heavy (non-hydrogen) atoms. The molecule has 0 aliphatic heterocycles. The van der Waals surface area contributed by atoms with E-state index < -0.39 is 0 Å². The van der Waals surface area contributed by atoms with Gasteiger partial charge in [0.15, 0.2) is 5.96 Å². The summed E-state index contributed by atoms with van der Waals surface area (Å²) in [6.07, 6.45) is 4.79. The maximum absolute atomic E-state index is 4.18. The van der Waals surface area contributed by atoms with Crippen LogP contribution in [-0.4, -0.2) is 34.9 Å². The lowest BCUT2D eigenvalue weighted by atomic mass is 10.1. The minimum absolute atomic E-state index is 0. The van der Waals surface area contributed by atoms with Crippen molar-refractivity contribution in [3.8, 4) is 0 Å². The Morgan fingerprint density at radius 3 is 2.61 bits per heavy atom. The zero-order chi connectivity index (χ0) is 12.7. The normalized spacial score (nSPS) is 11.9. The van der Waals surface area contributed by atoms with Gasteiger partial charge in [-0.25, -0.2) is 0 Å². The maximum atomic E-state index is 4.18. The fraction of sp³-hybridized carbons (Fsp3) is 0.667. The zero-order valence-electron chi connectivity index (χ0n) is 11.6. The summed E-state index contributed by atoms with van der Waals surface area (Å²) in [5, 5.41) is 10.8. The summed E-state index contributed by atoms with van der Waals surface area (Å²) in [5.41, 5.74) is 0.0316. The zero-order valence-corrected chi connectivity index (χ0v) is 13.9. The molecule has 0 saturated heterocycles. The number of rotatable bonds is 4. The fourth-order valence-electron chi connectivity index (χ4n) is 1.41. The van der Waals surface area contributed by atoms with Gasteiger partial charge in [0.25, 0.3) is 0 Å². The van der Waals surface area contributed by atoms with Crippen LogP contribution in [0.15, 0.2) is 23.5 Å². The molecule has 0 aliphatic rings. The highest BCUT2D eigenvalue weighted by molar-refractivity contribution is 14.0. The standard InChI is InChI=1S/C12H23N5.HI/c1-12(2,3)16-11(13-4)14-7-5-9-17-10-6-8-15-17;/h6,8,10H,5,7,9H2,1-4H3,(H2,13,14,16);1H. The van der Waals surface area contributed by atoms with E-state index in [0.29, 0.717) is 0 Å². The molecule has 0 saturated carbocycles. The van der Waals surface area contributed by atoms with Crippen LogP contribution in [0.3, 0.4) is 0 Å². The van der Waals surface area contributed by atoms with Crippen molar-refractivity contribution in [3.63, 3.8) is 0 Å². The minimum Gasteiger partial charge on any atom is -0.356 e. The van der Waals surface area contributed by atoms with Crippen LogP contribution in [0.5, 0.6) is 0 Å². The molecule has 5 nitrogen and oxygen atoms in total. The van der Waals surface area contributed by atoms with E-state index in [-0.39, 0.29) is 29.5 Å². The summed E-state index contributed by atoms with van der Waals surface area (Å²) in [6.45, 7) is 8.15. The second kappa shape index (κ2) is 8.34. The van der Waals surface area contributed by atoms with Gasteiger partial charge in [0.1, 0.15) is 0 Å². The smallest absolute Gasteiger partial charge is 0.191 e. The SMILES string of the molecule is CN=C(NCCCn1cccn1)NC(C)(C)C.I. The molecule has 6 heteroatoms. The average molecular weight is 365 g/mol. The number of aliphatic imine (C=N–C) groups is 1. The third-order valence-electron chi connectivity index (χ3n) is 2.13. The number of guanidine groups is 1. The summed E-state index contributed by atoms with van der Waals surface area (Å²) in [7, 11) is 1.79. The maximum Gasteiger partial charge on any atom is 0.191 e. The molecule has 0 spiro atoms. The lowest BCUT2D eigenvalue weighted by Gasteiger charge is -2.23. The lowest BCUT2D eigenvalue weighted by molar-refractivity contribution is 0.497. The molecule has 0 aliphatic carbocycles. The Bertz CT molecular complexity index is 340. The van der Waals surface area contributed by atoms with Gasteiger partial charge in [-0.1, -0.05) is 0 Å². The summed E-state index contributed by atoms with van der Waals surface area (Å²) in [5.74, 6) is 0.845. The van der Waals surface area contributed by atoms with Crippen molar-refractivity contribution in [2.24, 2.45) is 4.99 Å². The quantitative estimate of drug-likeness (QED) is 0.371. The molecule has 0 fully saturated rings. The molecule has 0 unspecified atom stereocenters. The van der Waals surface area contributed by atoms with Crippen LogP contribution in [0.4, 0.5) is 0 Å². The molecule has 0 radical (unpaired) electrons. The van der Waals surface area contributed by atoms with Crippen LogP contribution in [0.25, 0.3) is 0 Å². The fourth-order valence-corrected chi connectivity index (χ4v) is 1.41. The van der Waals surface area contributed by atoms with Crippen LogP contribution in [0.1, 0.15) is 27.2 Å². The van der Waals surface area contributed by atoms with E-state index in [1.807, 2.05) is 16.9 Å². The minimum atomic E-state index is 0. The van der Waals surface area contributed by atoms with Crippen LogP contribution >= 0.6 is 24.0 Å². The van der Waals surface area contributed by atoms with Gasteiger partial charge in [-0.15, -0.1) is 24.0 Å². The third kappa shape index (κ3) is 7.52. The Labute approximate surface area is 126 Å². The van der Waals surface area contributed by atoms with Gasteiger partial charge in [0.2, 0.25) is 0 Å². The van der Waals surface area contributed by atoms with Crippen molar-refractivity contribution in [1.29, 1.82) is 0 Å². The van der Waals surface area contributed by atoms with Gasteiger partial charge in [0.05, 0.1) is 0 Å². The number of hydrogen-bond donors (Lipinski definition) is 2. The highest BCUT2D eigenvalue weighted by Crippen LogP contribution is 1.97. The molecule has 0 atom stereocenters. The van der Waals surface area contributed by atoms with E-state index in [9.17, 15) is 0 Å². The van der Waals surface area contributed by atoms with E-state index >= 15 is 0 Å². The van der Waals surface area contributed by atoms with Crippen LogP contribution < -0.4 is 10.6 Å². The molecular formula is C12H24IN5. The van der Waals surface area contributed by atoms with Crippen molar-refractivity contribution in [2.45, 2.75) is 39.3 Å². The summed E-state index contributed by atoms with van der Waals surface area (Å²) >= 11 is 0. The highest BCUT2D eigenvalue weighted by atomic mass is 127. The molecule has 1 aromatic rings. The molecule has 0 aromatic carbocycles. The van der Waals surface area contributed by atoms with Gasteiger partial charge in [0, 0.05) is 38.1 Å². The number of aryl methyl sites for hydroxylation is 1. The molecule has 2 N–H and O–H groups in total. The number of nitrogens with one attached hydrogen (secondary N) is 2. The molecule has 104 valence electrons. The van der Waals surface area contributed by atoms with Crippen LogP contribution in [0, 0.1) is 0 Å². The first kappa shape index (κ1) is 17.2. The Kier molecular flexibility index (Phi) is 7.97. The third-order valence-corrected chi connectivity index (χ3v) is 2.13. The van der Waals surface area contributed by atoms with E-state index in [1.54, 1.807) is 13.2 Å². The molecule has 1 rings (SSSR count). The number of aromatic nitrogens is 2. The van der Waals surface area contributed by atoms with Crippen molar-refractivity contribution >= 4 is 29.9 Å². The van der Waals surface area contributed by atoms with Gasteiger partial charge < -0.3 is 10.6 Å². The predicted octanol–water partition coefficient (Wildman–Crippen LogP) is 1.85. The first-order chi connectivity index (χ1) is 8.01. The van der Waals surface area contributed by atoms with Crippen molar-refractivity contribution < 1.29 is 0 Å². The van der Waals surface area contributed by atoms with Crippen molar-refractivity contribution in [2.75, 3.05) is 13.6 Å². The van der Waals surface area contributed by atoms with E-state index in [1.165, 1.54) is 0 Å². The van der Waals surface area contributed by atoms with Gasteiger partial charge in [-0.2, -0.15) is 5.10 Å². The topological polar surface area (TPSA) is 54.2 Å². The Hall–Kier alpha value is -0.790. The second-order valence-electron chi connectivity index (χ2n) is 5.00. The van der Waals surface area contributed by atoms with E-state index in [0.717, 1.165) is 25.5 Å². The van der Waals surface area contributed by atoms with Gasteiger partial charge in [-0.3, -0.25) is 9.67 Å². The largest absolute Gasteiger partial charge is 0.356 e. The summed E-state index contributed by atoms with van der Waals surface area (Å²) in [4.78, 5) is 4.18. The Balaban J connectivity index is 0.00000289. The lowest BCUT2D eigenvalue weighted by Crippen LogP contribution is -2.47. The molecule has 1 aromatic heterocycles. The van der Waals surface area contributed by atoms with Crippen LogP contribution in [0.2, 0.25) is 0 Å². The Morgan fingerprint density at radius 1 is 1.39 bits per heavy atom. The summed E-state index contributed by atoms with van der Waals surface area (Å²) < 4.78 is 1.93.